The summed E-state index contributed by atoms with van der Waals surface area (Å²) in [6.07, 6.45) is 0. The van der Waals surface area contributed by atoms with Crippen molar-refractivity contribution in [2.75, 3.05) is 43.4 Å². The normalized spacial score (nSPS) is 15.6. The summed E-state index contributed by atoms with van der Waals surface area (Å²) in [4.78, 5) is 14.2. The van der Waals surface area contributed by atoms with E-state index in [0.717, 1.165) is 5.69 Å². The van der Waals surface area contributed by atoms with Gasteiger partial charge in [-0.1, -0.05) is 36.4 Å². The number of para-hydroxylation sites is 1. The number of carbonyl (C=O) groups is 1. The molecule has 1 aliphatic rings. The number of piperazine rings is 1. The van der Waals surface area contributed by atoms with Gasteiger partial charge in [0.2, 0.25) is 10.0 Å². The van der Waals surface area contributed by atoms with E-state index < -0.39 is 10.0 Å². The van der Waals surface area contributed by atoms with E-state index in [0.29, 0.717) is 31.7 Å². The van der Waals surface area contributed by atoms with Crippen molar-refractivity contribution in [2.45, 2.75) is 0 Å². The van der Waals surface area contributed by atoms with Crippen molar-refractivity contribution < 1.29 is 13.2 Å². The highest BCUT2D eigenvalue weighted by molar-refractivity contribution is 7.89. The third-order valence-corrected chi connectivity index (χ3v) is 6.31. The first-order valence-corrected chi connectivity index (χ1v) is 10.3. The molecule has 1 saturated heterocycles. The maximum atomic E-state index is 12.5. The highest BCUT2D eigenvalue weighted by atomic mass is 32.2. The molecule has 7 heteroatoms. The lowest BCUT2D eigenvalue weighted by molar-refractivity contribution is 0.0956. The predicted octanol–water partition coefficient (Wildman–Crippen LogP) is 1.57. The SMILES string of the molecule is O=C(NCCS(=O)(=O)N1CCN(c2ccccc2)CC1)c1ccccc1. The Balaban J connectivity index is 1.48. The number of carbonyl (C=O) groups excluding carboxylic acids is 1. The van der Waals surface area contributed by atoms with Crippen LogP contribution in [0.1, 0.15) is 10.4 Å². The van der Waals surface area contributed by atoms with Crippen LogP contribution in [0.15, 0.2) is 60.7 Å². The first-order chi connectivity index (χ1) is 12.6. The molecule has 0 unspecified atom stereocenters. The van der Waals surface area contributed by atoms with Crippen molar-refractivity contribution >= 4 is 21.6 Å². The van der Waals surface area contributed by atoms with Gasteiger partial charge in [0.1, 0.15) is 0 Å². The Morgan fingerprint density at radius 1 is 0.885 bits per heavy atom. The van der Waals surface area contributed by atoms with Crippen molar-refractivity contribution in [3.63, 3.8) is 0 Å². The molecule has 0 spiro atoms. The molecule has 1 heterocycles. The fraction of sp³-hybridized carbons (Fsp3) is 0.316. The standard InChI is InChI=1S/C19H23N3O3S/c23-19(17-7-3-1-4-8-17)20-11-16-26(24,25)22-14-12-21(13-15-22)18-9-5-2-6-10-18/h1-10H,11-16H2,(H,20,23). The lowest BCUT2D eigenvalue weighted by atomic mass is 10.2. The Kier molecular flexibility index (Phi) is 5.90. The number of nitrogens with one attached hydrogen (secondary N) is 1. The van der Waals surface area contributed by atoms with Crippen molar-refractivity contribution in [1.82, 2.24) is 9.62 Å². The van der Waals surface area contributed by atoms with Gasteiger partial charge in [-0.15, -0.1) is 0 Å². The van der Waals surface area contributed by atoms with Crippen LogP contribution in [0.4, 0.5) is 5.69 Å². The Morgan fingerprint density at radius 3 is 2.08 bits per heavy atom. The molecule has 6 nitrogen and oxygen atoms in total. The van der Waals surface area contributed by atoms with Gasteiger partial charge in [0.15, 0.2) is 0 Å². The summed E-state index contributed by atoms with van der Waals surface area (Å²) in [5.41, 5.74) is 1.64. The average molecular weight is 373 g/mol. The van der Waals surface area contributed by atoms with E-state index in [1.165, 1.54) is 4.31 Å². The molecule has 3 rings (SSSR count). The minimum absolute atomic E-state index is 0.0864. The minimum Gasteiger partial charge on any atom is -0.369 e. The van der Waals surface area contributed by atoms with Crippen LogP contribution < -0.4 is 10.2 Å². The average Bonchev–Trinajstić information content (AvgIpc) is 2.69. The van der Waals surface area contributed by atoms with Gasteiger partial charge in [-0.2, -0.15) is 4.31 Å². The highest BCUT2D eigenvalue weighted by Gasteiger charge is 2.26. The van der Waals surface area contributed by atoms with Crippen LogP contribution in [0.25, 0.3) is 0 Å². The number of hydrogen-bond acceptors (Lipinski definition) is 4. The molecule has 1 aliphatic heterocycles. The Morgan fingerprint density at radius 2 is 1.46 bits per heavy atom. The van der Waals surface area contributed by atoms with E-state index in [4.69, 9.17) is 0 Å². The van der Waals surface area contributed by atoms with Crippen molar-refractivity contribution in [1.29, 1.82) is 0 Å². The molecule has 0 radical (unpaired) electrons. The smallest absolute Gasteiger partial charge is 0.251 e. The molecular weight excluding hydrogens is 350 g/mol. The second-order valence-corrected chi connectivity index (χ2v) is 8.25. The van der Waals surface area contributed by atoms with E-state index in [9.17, 15) is 13.2 Å². The first-order valence-electron chi connectivity index (χ1n) is 8.67. The van der Waals surface area contributed by atoms with Crippen LogP contribution in [0.2, 0.25) is 0 Å². The van der Waals surface area contributed by atoms with Crippen molar-refractivity contribution in [2.24, 2.45) is 0 Å². The van der Waals surface area contributed by atoms with Crippen LogP contribution in [-0.2, 0) is 10.0 Å². The molecule has 1 N–H and O–H groups in total. The molecule has 0 saturated carbocycles. The Hall–Kier alpha value is -2.38. The van der Waals surface area contributed by atoms with Gasteiger partial charge in [-0.25, -0.2) is 8.42 Å². The van der Waals surface area contributed by atoms with Crippen LogP contribution in [0, 0.1) is 0 Å². The minimum atomic E-state index is -3.37. The molecule has 2 aromatic carbocycles. The number of rotatable bonds is 6. The lowest BCUT2D eigenvalue weighted by Crippen LogP contribution is -2.50. The molecular formula is C19H23N3O3S. The van der Waals surface area contributed by atoms with E-state index in [2.05, 4.69) is 10.2 Å². The van der Waals surface area contributed by atoms with E-state index in [1.54, 1.807) is 24.3 Å². The predicted molar refractivity (Wildman–Crippen MR) is 103 cm³/mol. The van der Waals surface area contributed by atoms with Gasteiger partial charge < -0.3 is 10.2 Å². The summed E-state index contributed by atoms with van der Waals surface area (Å²) < 4.78 is 26.5. The molecule has 0 aromatic heterocycles. The Bertz CT molecular complexity index is 818. The van der Waals surface area contributed by atoms with Crippen LogP contribution in [0.3, 0.4) is 0 Å². The lowest BCUT2D eigenvalue weighted by Gasteiger charge is -2.35. The molecule has 2 aromatic rings. The van der Waals surface area contributed by atoms with Gasteiger partial charge >= 0.3 is 0 Å². The van der Waals surface area contributed by atoms with Gasteiger partial charge in [0, 0.05) is 44.0 Å². The van der Waals surface area contributed by atoms with Crippen LogP contribution in [-0.4, -0.2) is 57.1 Å². The summed E-state index contributed by atoms with van der Waals surface area (Å²) >= 11 is 0. The maximum Gasteiger partial charge on any atom is 0.251 e. The molecule has 1 amide bonds. The van der Waals surface area contributed by atoms with Crippen molar-refractivity contribution in [3.8, 4) is 0 Å². The summed E-state index contributed by atoms with van der Waals surface area (Å²) in [6, 6.07) is 18.8. The molecule has 0 aliphatic carbocycles. The number of anilines is 1. The number of amides is 1. The summed E-state index contributed by atoms with van der Waals surface area (Å²) in [5.74, 6) is -0.341. The maximum absolute atomic E-state index is 12.5. The van der Waals surface area contributed by atoms with Gasteiger partial charge in [0.25, 0.3) is 5.91 Å². The summed E-state index contributed by atoms with van der Waals surface area (Å²) in [7, 11) is -3.37. The van der Waals surface area contributed by atoms with Gasteiger partial charge in [-0.05, 0) is 24.3 Å². The fourth-order valence-electron chi connectivity index (χ4n) is 2.98. The van der Waals surface area contributed by atoms with Gasteiger partial charge in [0.05, 0.1) is 5.75 Å². The van der Waals surface area contributed by atoms with Crippen LogP contribution >= 0.6 is 0 Å². The third-order valence-electron chi connectivity index (χ3n) is 4.43. The molecule has 138 valence electrons. The number of nitrogens with zero attached hydrogens (tertiary/aromatic N) is 2. The zero-order valence-electron chi connectivity index (χ0n) is 14.5. The largest absolute Gasteiger partial charge is 0.369 e. The quantitative estimate of drug-likeness (QED) is 0.834. The number of hydrogen-bond donors (Lipinski definition) is 1. The third kappa shape index (κ3) is 4.62. The molecule has 0 atom stereocenters. The summed E-state index contributed by atoms with van der Waals surface area (Å²) in [6.45, 7) is 2.36. The number of sulfonamides is 1. The highest BCUT2D eigenvalue weighted by Crippen LogP contribution is 2.17. The topological polar surface area (TPSA) is 69.7 Å². The van der Waals surface area contributed by atoms with E-state index in [-0.39, 0.29) is 18.2 Å². The van der Waals surface area contributed by atoms with Gasteiger partial charge in [-0.3, -0.25) is 4.79 Å². The first kappa shape index (κ1) is 18.4. The second-order valence-electron chi connectivity index (χ2n) is 6.16. The Labute approximate surface area is 154 Å². The zero-order valence-corrected chi connectivity index (χ0v) is 15.4. The molecule has 26 heavy (non-hydrogen) atoms. The molecule has 1 fully saturated rings. The summed E-state index contributed by atoms with van der Waals surface area (Å²) in [5, 5.41) is 2.67. The second kappa shape index (κ2) is 8.33. The van der Waals surface area contributed by atoms with Crippen LogP contribution in [0.5, 0.6) is 0 Å². The molecule has 0 bridgehead atoms. The van der Waals surface area contributed by atoms with E-state index in [1.807, 2.05) is 36.4 Å². The fourth-order valence-corrected chi connectivity index (χ4v) is 4.32. The van der Waals surface area contributed by atoms with E-state index >= 15 is 0 Å². The zero-order chi connectivity index (χ0) is 18.4. The monoisotopic (exact) mass is 373 g/mol. The number of benzene rings is 2. The van der Waals surface area contributed by atoms with Crippen molar-refractivity contribution in [3.05, 3.63) is 66.2 Å².